The average Bonchev–Trinajstić information content (AvgIpc) is 2.74. The molecule has 0 amide bonds. The minimum atomic E-state index is 0.401. The number of unbranched alkanes of at least 4 members (excludes halogenated alkanes) is 3. The fourth-order valence-corrected chi connectivity index (χ4v) is 3.05. The summed E-state index contributed by atoms with van der Waals surface area (Å²) in [5, 5.41) is 1.99. The maximum absolute atomic E-state index is 5.81. The molecule has 1 aliphatic heterocycles. The second-order valence-electron chi connectivity index (χ2n) is 7.39. The number of nitrogens with one attached hydrogen (secondary N) is 1. The zero-order chi connectivity index (χ0) is 21.6. The van der Waals surface area contributed by atoms with Crippen LogP contribution in [0.1, 0.15) is 65.7 Å². The summed E-state index contributed by atoms with van der Waals surface area (Å²) in [6.45, 7) is 11.5. The van der Waals surface area contributed by atoms with Gasteiger partial charge in [-0.3, -0.25) is 5.01 Å². The van der Waals surface area contributed by atoms with Crippen molar-refractivity contribution in [2.75, 3.05) is 13.2 Å². The molecule has 6 nitrogen and oxygen atoms in total. The number of ether oxygens (including phenoxy) is 2. The van der Waals surface area contributed by atoms with Gasteiger partial charge in [0.2, 0.25) is 0 Å². The Morgan fingerprint density at radius 1 is 1.20 bits per heavy atom. The van der Waals surface area contributed by atoms with Crippen LogP contribution in [0.4, 0.5) is 5.69 Å². The van der Waals surface area contributed by atoms with Crippen molar-refractivity contribution in [2.45, 2.75) is 65.7 Å². The quantitative estimate of drug-likeness (QED) is 0.218. The van der Waals surface area contributed by atoms with Gasteiger partial charge in [0.25, 0.3) is 0 Å². The number of amidine groups is 2. The average molecular weight is 413 g/mol. The maximum Gasteiger partial charge on any atom is 0.314 e. The number of aliphatic imine (C=N–C) groups is 2. The van der Waals surface area contributed by atoms with E-state index in [1.807, 2.05) is 49.2 Å². The van der Waals surface area contributed by atoms with Crippen molar-refractivity contribution in [2.24, 2.45) is 9.98 Å². The number of nitrogens with zero attached hydrogens (tertiary/aromatic N) is 3. The molecule has 0 unspecified atom stereocenters. The molecule has 0 spiro atoms. The van der Waals surface area contributed by atoms with Crippen molar-refractivity contribution >= 4 is 17.5 Å². The van der Waals surface area contributed by atoms with Gasteiger partial charge in [-0.2, -0.15) is 4.99 Å². The molecule has 1 aliphatic rings. The molecule has 0 saturated carbocycles. The lowest BCUT2D eigenvalue weighted by molar-refractivity contribution is 0.295. The van der Waals surface area contributed by atoms with Gasteiger partial charge >= 0.3 is 6.02 Å². The van der Waals surface area contributed by atoms with Gasteiger partial charge in [0.15, 0.2) is 0 Å². The molecule has 30 heavy (non-hydrogen) atoms. The van der Waals surface area contributed by atoms with Crippen LogP contribution in [-0.2, 0) is 4.74 Å². The van der Waals surface area contributed by atoms with Crippen LogP contribution in [0.25, 0.3) is 0 Å². The molecule has 0 aromatic heterocycles. The molecule has 0 aliphatic carbocycles. The summed E-state index contributed by atoms with van der Waals surface area (Å²) in [5.41, 5.74) is 4.85. The van der Waals surface area contributed by atoms with E-state index in [0.717, 1.165) is 61.8 Å². The van der Waals surface area contributed by atoms with Crippen LogP contribution in [-0.4, -0.2) is 30.0 Å². The lowest BCUT2D eigenvalue weighted by Crippen LogP contribution is -2.49. The molecule has 1 aromatic rings. The molecule has 164 valence electrons. The highest BCUT2D eigenvalue weighted by Gasteiger charge is 2.18. The van der Waals surface area contributed by atoms with E-state index >= 15 is 0 Å². The second kappa shape index (κ2) is 13.5. The van der Waals surface area contributed by atoms with Crippen LogP contribution in [0.15, 0.2) is 58.9 Å². The van der Waals surface area contributed by atoms with Crippen molar-refractivity contribution in [1.29, 1.82) is 0 Å². The van der Waals surface area contributed by atoms with Gasteiger partial charge in [-0.1, -0.05) is 38.8 Å². The molecule has 0 bridgehead atoms. The number of rotatable bonds is 10. The van der Waals surface area contributed by atoms with Gasteiger partial charge in [-0.05, 0) is 57.4 Å². The van der Waals surface area contributed by atoms with Crippen LogP contribution >= 0.6 is 0 Å². The molecule has 0 radical (unpaired) electrons. The minimum absolute atomic E-state index is 0.401. The van der Waals surface area contributed by atoms with E-state index in [4.69, 9.17) is 9.47 Å². The lowest BCUT2D eigenvalue weighted by Gasteiger charge is -2.31. The highest BCUT2D eigenvalue weighted by Crippen LogP contribution is 2.19. The number of piperidine rings is 1. The molecular weight excluding hydrogens is 376 g/mol. The molecule has 0 atom stereocenters. The van der Waals surface area contributed by atoms with E-state index in [1.54, 1.807) is 6.26 Å². The summed E-state index contributed by atoms with van der Waals surface area (Å²) in [5.74, 6) is 1.82. The minimum Gasteiger partial charge on any atom is -0.494 e. The molecule has 1 aromatic carbocycles. The predicted octanol–water partition coefficient (Wildman–Crippen LogP) is 6.11. The van der Waals surface area contributed by atoms with Gasteiger partial charge < -0.3 is 9.47 Å². The third-order valence-corrected chi connectivity index (χ3v) is 4.54. The Balaban J connectivity index is 2.03. The van der Waals surface area contributed by atoms with Gasteiger partial charge in [0.1, 0.15) is 11.6 Å². The highest BCUT2D eigenvalue weighted by molar-refractivity contribution is 5.87. The van der Waals surface area contributed by atoms with Crippen LogP contribution in [0, 0.1) is 0 Å². The molecule has 1 heterocycles. The van der Waals surface area contributed by atoms with Crippen molar-refractivity contribution in [1.82, 2.24) is 10.4 Å². The van der Waals surface area contributed by atoms with Crippen molar-refractivity contribution in [3.63, 3.8) is 0 Å². The first-order valence-corrected chi connectivity index (χ1v) is 11.0. The standard InChI is InChI=1S/C24H36N4O2/c1-5-7-8-11-19-29-22-15-13-21(14-16-22)26-24(30-18-6-2)27-28-17-10-9-12-23(28)25-20(3)4/h6,13-16,18H,3,5,7-12,17,19H2,1-2,4H3,(H,26,27)/b18-6+,25-23?. The maximum atomic E-state index is 5.81. The molecule has 2 rings (SSSR count). The molecular formula is C24H36N4O2. The Morgan fingerprint density at radius 2 is 2.00 bits per heavy atom. The predicted molar refractivity (Wildman–Crippen MR) is 125 cm³/mol. The van der Waals surface area contributed by atoms with E-state index in [-0.39, 0.29) is 0 Å². The van der Waals surface area contributed by atoms with E-state index in [2.05, 4.69) is 28.9 Å². The number of allylic oxidation sites excluding steroid dienone is 2. The van der Waals surface area contributed by atoms with Crippen molar-refractivity contribution in [3.8, 4) is 5.75 Å². The smallest absolute Gasteiger partial charge is 0.314 e. The number of hydrazine groups is 1. The topological polar surface area (TPSA) is 58.5 Å². The van der Waals surface area contributed by atoms with E-state index in [0.29, 0.717) is 6.02 Å². The zero-order valence-electron chi connectivity index (χ0n) is 18.7. The summed E-state index contributed by atoms with van der Waals surface area (Å²) in [7, 11) is 0. The summed E-state index contributed by atoms with van der Waals surface area (Å²) in [6, 6.07) is 8.15. The van der Waals surface area contributed by atoms with Crippen molar-refractivity contribution < 1.29 is 9.47 Å². The Hall–Kier alpha value is -2.76. The van der Waals surface area contributed by atoms with Gasteiger partial charge in [0, 0.05) is 18.7 Å². The zero-order valence-corrected chi connectivity index (χ0v) is 18.7. The summed E-state index contributed by atoms with van der Waals surface area (Å²) in [4.78, 5) is 9.18. The first kappa shape index (κ1) is 23.5. The SMILES string of the molecule is C=C(C)N=C1CCCCN1NC(=Nc1ccc(OCCCCCC)cc1)O/C=C/C. The molecule has 1 fully saturated rings. The van der Waals surface area contributed by atoms with E-state index < -0.39 is 0 Å². The van der Waals surface area contributed by atoms with Gasteiger partial charge in [-0.25, -0.2) is 10.4 Å². The van der Waals surface area contributed by atoms with E-state index in [1.165, 1.54) is 19.3 Å². The largest absolute Gasteiger partial charge is 0.494 e. The molecule has 1 saturated heterocycles. The first-order valence-electron chi connectivity index (χ1n) is 11.0. The van der Waals surface area contributed by atoms with Crippen molar-refractivity contribution in [3.05, 3.63) is 48.9 Å². The summed E-state index contributed by atoms with van der Waals surface area (Å²) in [6.07, 6.45) is 11.3. The Bertz CT molecular complexity index is 738. The summed E-state index contributed by atoms with van der Waals surface area (Å²) < 4.78 is 11.5. The summed E-state index contributed by atoms with van der Waals surface area (Å²) >= 11 is 0. The highest BCUT2D eigenvalue weighted by atomic mass is 16.5. The third kappa shape index (κ3) is 8.72. The number of benzene rings is 1. The lowest BCUT2D eigenvalue weighted by atomic mass is 10.1. The molecule has 6 heteroatoms. The fraction of sp³-hybridized carbons (Fsp3) is 0.500. The second-order valence-corrected chi connectivity index (χ2v) is 7.39. The fourth-order valence-electron chi connectivity index (χ4n) is 3.05. The Kier molecular flexibility index (Phi) is 10.6. The Labute approximate surface area is 181 Å². The van der Waals surface area contributed by atoms with Crippen LogP contribution in [0.2, 0.25) is 0 Å². The number of hydrogen-bond donors (Lipinski definition) is 1. The van der Waals surface area contributed by atoms with Gasteiger partial charge in [0.05, 0.1) is 18.6 Å². The van der Waals surface area contributed by atoms with Crippen LogP contribution in [0.3, 0.4) is 0 Å². The molecule has 1 N–H and O–H groups in total. The van der Waals surface area contributed by atoms with Crippen LogP contribution in [0.5, 0.6) is 5.75 Å². The van der Waals surface area contributed by atoms with Gasteiger partial charge in [-0.15, -0.1) is 0 Å². The van der Waals surface area contributed by atoms with Crippen LogP contribution < -0.4 is 10.2 Å². The normalized spacial score (nSPS) is 16.2. The third-order valence-electron chi connectivity index (χ3n) is 4.54. The Morgan fingerprint density at radius 3 is 2.70 bits per heavy atom. The first-order chi connectivity index (χ1) is 14.6. The number of hydrogen-bond acceptors (Lipinski definition) is 4. The van der Waals surface area contributed by atoms with E-state index in [9.17, 15) is 0 Å². The monoisotopic (exact) mass is 412 g/mol.